The molecule has 1 aromatic carbocycles. The Bertz CT molecular complexity index is 895. The van der Waals surface area contributed by atoms with Gasteiger partial charge < -0.3 is 15.1 Å². The zero-order valence-corrected chi connectivity index (χ0v) is 16.4. The molecule has 0 bridgehead atoms. The lowest BCUT2D eigenvalue weighted by Crippen LogP contribution is -2.48. The molecular weight excluding hydrogens is 356 g/mol. The molecule has 28 heavy (non-hydrogen) atoms. The normalized spacial score (nSPS) is 14.0. The van der Waals surface area contributed by atoms with E-state index in [1.165, 1.54) is 12.3 Å². The van der Waals surface area contributed by atoms with Gasteiger partial charge in [-0.25, -0.2) is 0 Å². The third kappa shape index (κ3) is 4.19. The van der Waals surface area contributed by atoms with Crippen LogP contribution in [-0.4, -0.2) is 59.2 Å². The molecule has 0 unspecified atom stereocenters. The van der Waals surface area contributed by atoms with Gasteiger partial charge in [0.25, 0.3) is 11.8 Å². The Labute approximate surface area is 164 Å². The molecule has 2 aromatic rings. The Morgan fingerprint density at radius 1 is 1.04 bits per heavy atom. The maximum Gasteiger partial charge on any atom is 0.274 e. The number of pyridine rings is 1. The highest BCUT2D eigenvalue weighted by Gasteiger charge is 2.22. The highest BCUT2D eigenvalue weighted by atomic mass is 16.2. The predicted molar refractivity (Wildman–Crippen MR) is 106 cm³/mol. The summed E-state index contributed by atoms with van der Waals surface area (Å²) in [5.41, 5.74) is 4.46. The van der Waals surface area contributed by atoms with Crippen LogP contribution in [0.15, 0.2) is 30.5 Å². The van der Waals surface area contributed by atoms with E-state index in [1.807, 2.05) is 32.9 Å². The zero-order valence-electron chi connectivity index (χ0n) is 16.4. The van der Waals surface area contributed by atoms with Crippen molar-refractivity contribution in [3.8, 4) is 0 Å². The van der Waals surface area contributed by atoms with Crippen molar-refractivity contribution < 1.29 is 14.4 Å². The largest absolute Gasteiger partial charge is 0.342 e. The maximum atomic E-state index is 12.7. The SMILES string of the molecule is Cc1cc(C)c(NC(=O)c2cc(C(=O)N3CCN(C=O)CC3)ccn2)c(C)c1. The molecule has 0 atom stereocenters. The first-order valence-electron chi connectivity index (χ1n) is 9.23. The van der Waals surface area contributed by atoms with Crippen LogP contribution >= 0.6 is 0 Å². The lowest BCUT2D eigenvalue weighted by atomic mass is 10.0. The van der Waals surface area contributed by atoms with Crippen molar-refractivity contribution in [2.24, 2.45) is 0 Å². The molecule has 1 saturated heterocycles. The van der Waals surface area contributed by atoms with Gasteiger partial charge in [0.1, 0.15) is 5.69 Å². The maximum absolute atomic E-state index is 12.7. The van der Waals surface area contributed by atoms with Crippen LogP contribution in [0.2, 0.25) is 0 Å². The fraction of sp³-hybridized carbons (Fsp3) is 0.333. The molecule has 2 heterocycles. The minimum Gasteiger partial charge on any atom is -0.342 e. The van der Waals surface area contributed by atoms with E-state index in [0.29, 0.717) is 31.7 Å². The molecule has 1 aliphatic heterocycles. The van der Waals surface area contributed by atoms with E-state index in [2.05, 4.69) is 10.3 Å². The first-order valence-corrected chi connectivity index (χ1v) is 9.23. The minimum absolute atomic E-state index is 0.162. The van der Waals surface area contributed by atoms with Crippen molar-refractivity contribution in [2.45, 2.75) is 20.8 Å². The summed E-state index contributed by atoms with van der Waals surface area (Å²) < 4.78 is 0. The van der Waals surface area contributed by atoms with Crippen LogP contribution in [0.1, 0.15) is 37.5 Å². The predicted octanol–water partition coefficient (Wildman–Crippen LogP) is 2.17. The number of benzene rings is 1. The molecule has 7 heteroatoms. The summed E-state index contributed by atoms with van der Waals surface area (Å²) in [6.45, 7) is 7.88. The van der Waals surface area contributed by atoms with E-state index in [-0.39, 0.29) is 17.5 Å². The van der Waals surface area contributed by atoms with Gasteiger partial charge in [0.05, 0.1) is 0 Å². The summed E-state index contributed by atoms with van der Waals surface area (Å²) in [5, 5.41) is 2.91. The highest BCUT2D eigenvalue weighted by Crippen LogP contribution is 2.22. The molecule has 3 amide bonds. The summed E-state index contributed by atoms with van der Waals surface area (Å²) in [7, 11) is 0. The zero-order chi connectivity index (χ0) is 20.3. The molecule has 0 radical (unpaired) electrons. The van der Waals surface area contributed by atoms with Crippen molar-refractivity contribution in [3.63, 3.8) is 0 Å². The van der Waals surface area contributed by atoms with Gasteiger partial charge in [-0.05, 0) is 44.0 Å². The Balaban J connectivity index is 1.75. The van der Waals surface area contributed by atoms with Gasteiger partial charge in [0, 0.05) is 43.6 Å². The van der Waals surface area contributed by atoms with E-state index < -0.39 is 0 Å². The number of amides is 3. The van der Waals surface area contributed by atoms with Crippen LogP contribution in [0.25, 0.3) is 0 Å². The molecule has 0 saturated carbocycles. The second kappa shape index (κ2) is 8.21. The van der Waals surface area contributed by atoms with Gasteiger partial charge in [-0.2, -0.15) is 0 Å². The summed E-state index contributed by atoms with van der Waals surface area (Å²) in [4.78, 5) is 43.7. The van der Waals surface area contributed by atoms with Crippen molar-refractivity contribution >= 4 is 23.9 Å². The molecule has 0 aliphatic carbocycles. The Kier molecular flexibility index (Phi) is 5.73. The van der Waals surface area contributed by atoms with E-state index in [4.69, 9.17) is 0 Å². The summed E-state index contributed by atoms with van der Waals surface area (Å²) in [6, 6.07) is 7.14. The number of hydrogen-bond acceptors (Lipinski definition) is 4. The van der Waals surface area contributed by atoms with Gasteiger partial charge in [0.2, 0.25) is 6.41 Å². The van der Waals surface area contributed by atoms with E-state index in [9.17, 15) is 14.4 Å². The molecule has 0 spiro atoms. The van der Waals surface area contributed by atoms with Crippen LogP contribution in [0.3, 0.4) is 0 Å². The van der Waals surface area contributed by atoms with Crippen molar-refractivity contribution in [1.82, 2.24) is 14.8 Å². The van der Waals surface area contributed by atoms with Crippen LogP contribution in [-0.2, 0) is 4.79 Å². The molecule has 146 valence electrons. The van der Waals surface area contributed by atoms with Crippen molar-refractivity contribution in [1.29, 1.82) is 0 Å². The Hall–Kier alpha value is -3.22. The van der Waals surface area contributed by atoms with E-state index in [0.717, 1.165) is 28.8 Å². The molecule has 7 nitrogen and oxygen atoms in total. The Morgan fingerprint density at radius 2 is 1.68 bits per heavy atom. The second-order valence-electron chi connectivity index (χ2n) is 7.09. The number of nitrogens with zero attached hydrogens (tertiary/aromatic N) is 3. The summed E-state index contributed by atoms with van der Waals surface area (Å²) in [5.74, 6) is -0.514. The van der Waals surface area contributed by atoms with Crippen LogP contribution < -0.4 is 5.32 Å². The third-order valence-corrected chi connectivity index (χ3v) is 4.91. The lowest BCUT2D eigenvalue weighted by Gasteiger charge is -2.32. The van der Waals surface area contributed by atoms with E-state index in [1.54, 1.807) is 15.9 Å². The first-order chi connectivity index (χ1) is 13.4. The number of carbonyl (C=O) groups is 3. The van der Waals surface area contributed by atoms with Crippen molar-refractivity contribution in [2.75, 3.05) is 31.5 Å². The molecule has 1 fully saturated rings. The van der Waals surface area contributed by atoms with Crippen molar-refractivity contribution in [3.05, 3.63) is 58.4 Å². The Morgan fingerprint density at radius 3 is 2.29 bits per heavy atom. The fourth-order valence-corrected chi connectivity index (χ4v) is 3.46. The second-order valence-corrected chi connectivity index (χ2v) is 7.09. The standard InChI is InChI=1S/C21H24N4O3/c1-14-10-15(2)19(16(3)11-14)23-20(27)18-12-17(4-5-22-18)21(28)25-8-6-24(13-26)7-9-25/h4-5,10-13H,6-9H2,1-3H3,(H,23,27). The lowest BCUT2D eigenvalue weighted by molar-refractivity contribution is -0.119. The molecule has 1 aliphatic rings. The fourth-order valence-electron chi connectivity index (χ4n) is 3.46. The molecular formula is C21H24N4O3. The average molecular weight is 380 g/mol. The van der Waals surface area contributed by atoms with E-state index >= 15 is 0 Å². The van der Waals surface area contributed by atoms with Crippen LogP contribution in [0.5, 0.6) is 0 Å². The highest BCUT2D eigenvalue weighted by molar-refractivity contribution is 6.05. The van der Waals surface area contributed by atoms with Gasteiger partial charge >= 0.3 is 0 Å². The molecule has 3 rings (SSSR count). The number of aromatic nitrogens is 1. The number of piperazine rings is 1. The summed E-state index contributed by atoms with van der Waals surface area (Å²) in [6.07, 6.45) is 2.27. The smallest absolute Gasteiger partial charge is 0.274 e. The number of anilines is 1. The number of rotatable bonds is 4. The minimum atomic E-state index is -0.351. The third-order valence-electron chi connectivity index (χ3n) is 4.91. The van der Waals surface area contributed by atoms with Crippen LogP contribution in [0.4, 0.5) is 5.69 Å². The number of carbonyl (C=O) groups excluding carboxylic acids is 3. The van der Waals surface area contributed by atoms with Gasteiger partial charge in [-0.15, -0.1) is 0 Å². The number of aryl methyl sites for hydroxylation is 3. The van der Waals surface area contributed by atoms with Crippen LogP contribution in [0, 0.1) is 20.8 Å². The van der Waals surface area contributed by atoms with Gasteiger partial charge in [-0.3, -0.25) is 19.4 Å². The number of nitrogens with one attached hydrogen (secondary N) is 1. The van der Waals surface area contributed by atoms with Gasteiger partial charge in [0.15, 0.2) is 0 Å². The topological polar surface area (TPSA) is 82.6 Å². The summed E-state index contributed by atoms with van der Waals surface area (Å²) >= 11 is 0. The average Bonchev–Trinajstić information content (AvgIpc) is 2.70. The number of hydrogen-bond donors (Lipinski definition) is 1. The van der Waals surface area contributed by atoms with Gasteiger partial charge in [-0.1, -0.05) is 17.7 Å². The quantitative estimate of drug-likeness (QED) is 0.824. The molecule has 1 aromatic heterocycles. The first kappa shape index (κ1) is 19.5. The monoisotopic (exact) mass is 380 g/mol. The molecule has 1 N–H and O–H groups in total.